The second kappa shape index (κ2) is 11.0. The highest BCUT2D eigenvalue weighted by Gasteiger charge is 2.02. The molecule has 0 atom stereocenters. The largest absolute Gasteiger partial charge is 0.366 e. The first-order valence-corrected chi connectivity index (χ1v) is 8.78. The molecule has 0 bridgehead atoms. The van der Waals surface area contributed by atoms with Gasteiger partial charge in [-0.15, -0.1) is 35.3 Å². The Labute approximate surface area is 169 Å². The fraction of sp³-hybridized carbons (Fsp3) is 0.353. The number of carbonyl (C=O) groups is 1. The van der Waals surface area contributed by atoms with E-state index < -0.39 is 5.91 Å². The number of carbonyl (C=O) groups excluding carboxylic acids is 1. The Hall–Kier alpha value is -1.68. The molecule has 136 valence electrons. The average molecular weight is 473 g/mol. The lowest BCUT2D eigenvalue weighted by Crippen LogP contribution is -2.38. The van der Waals surface area contributed by atoms with E-state index in [2.05, 4.69) is 26.0 Å². The van der Waals surface area contributed by atoms with Crippen LogP contribution in [-0.4, -0.2) is 29.9 Å². The number of hydrogen-bond donors (Lipinski definition) is 3. The van der Waals surface area contributed by atoms with Crippen LogP contribution in [0.3, 0.4) is 0 Å². The molecule has 2 rings (SSSR count). The van der Waals surface area contributed by atoms with Gasteiger partial charge in [-0.25, -0.2) is 9.98 Å². The van der Waals surface area contributed by atoms with Gasteiger partial charge in [0, 0.05) is 30.5 Å². The zero-order valence-corrected chi connectivity index (χ0v) is 17.6. The van der Waals surface area contributed by atoms with E-state index >= 15 is 0 Å². The number of hydrogen-bond acceptors (Lipinski definition) is 4. The summed E-state index contributed by atoms with van der Waals surface area (Å²) >= 11 is 1.67. The van der Waals surface area contributed by atoms with Gasteiger partial charge in [-0.05, 0) is 31.5 Å². The van der Waals surface area contributed by atoms with E-state index in [0.29, 0.717) is 12.1 Å². The van der Waals surface area contributed by atoms with E-state index in [0.717, 1.165) is 41.7 Å². The van der Waals surface area contributed by atoms with E-state index in [4.69, 9.17) is 5.73 Å². The third-order valence-electron chi connectivity index (χ3n) is 3.34. The number of rotatable bonds is 7. The first kappa shape index (κ1) is 21.4. The number of aliphatic imine (C=N–C) groups is 1. The lowest BCUT2D eigenvalue weighted by Gasteiger charge is -2.10. The summed E-state index contributed by atoms with van der Waals surface area (Å²) in [5.74, 6) is 0.348. The fourth-order valence-electron chi connectivity index (χ4n) is 2.12. The van der Waals surface area contributed by atoms with Crippen molar-refractivity contribution in [2.75, 3.05) is 13.1 Å². The number of primary amides is 1. The number of nitrogens with zero attached hydrogens (tertiary/aromatic N) is 2. The van der Waals surface area contributed by atoms with E-state index in [-0.39, 0.29) is 24.0 Å². The van der Waals surface area contributed by atoms with Gasteiger partial charge in [-0.3, -0.25) is 4.79 Å². The highest BCUT2D eigenvalue weighted by atomic mass is 127. The van der Waals surface area contributed by atoms with Crippen LogP contribution in [0.15, 0.2) is 34.6 Å². The van der Waals surface area contributed by atoms with Gasteiger partial charge in [-0.2, -0.15) is 0 Å². The third kappa shape index (κ3) is 7.39. The van der Waals surface area contributed by atoms with Crippen LogP contribution in [0.25, 0.3) is 0 Å². The summed E-state index contributed by atoms with van der Waals surface area (Å²) in [6.45, 7) is 6.14. The molecule has 0 aliphatic carbocycles. The minimum atomic E-state index is -0.419. The van der Waals surface area contributed by atoms with Crippen molar-refractivity contribution in [1.82, 2.24) is 15.6 Å². The zero-order chi connectivity index (χ0) is 17.4. The molecule has 0 aliphatic heterocycles. The number of halogens is 1. The van der Waals surface area contributed by atoms with Crippen LogP contribution in [0.2, 0.25) is 0 Å². The molecule has 1 heterocycles. The van der Waals surface area contributed by atoms with E-state index in [9.17, 15) is 4.79 Å². The molecule has 0 radical (unpaired) electrons. The number of nitrogens with two attached hydrogens (primary N) is 1. The Morgan fingerprint density at radius 3 is 2.56 bits per heavy atom. The molecule has 8 heteroatoms. The lowest BCUT2D eigenvalue weighted by atomic mass is 10.1. The summed E-state index contributed by atoms with van der Waals surface area (Å²) in [5.41, 5.74) is 7.87. The van der Waals surface area contributed by atoms with Gasteiger partial charge in [0.05, 0.1) is 17.2 Å². The fourth-order valence-corrected chi connectivity index (χ4v) is 2.77. The third-order valence-corrected chi connectivity index (χ3v) is 4.16. The molecule has 2 aromatic rings. The van der Waals surface area contributed by atoms with E-state index in [1.165, 1.54) is 0 Å². The zero-order valence-electron chi connectivity index (χ0n) is 14.4. The van der Waals surface area contributed by atoms with Crippen molar-refractivity contribution in [2.45, 2.75) is 26.8 Å². The topological polar surface area (TPSA) is 92.4 Å². The minimum absolute atomic E-state index is 0. The van der Waals surface area contributed by atoms with Crippen LogP contribution < -0.4 is 16.4 Å². The van der Waals surface area contributed by atoms with E-state index in [1.807, 2.05) is 26.0 Å². The molecule has 1 aromatic carbocycles. The molecule has 0 saturated carbocycles. The van der Waals surface area contributed by atoms with Crippen molar-refractivity contribution in [3.8, 4) is 0 Å². The predicted molar refractivity (Wildman–Crippen MR) is 114 cm³/mol. The smallest absolute Gasteiger partial charge is 0.248 e. The number of guanidine groups is 1. The second-order valence-electron chi connectivity index (χ2n) is 5.29. The normalized spacial score (nSPS) is 10.9. The maximum absolute atomic E-state index is 11.1. The minimum Gasteiger partial charge on any atom is -0.366 e. The second-order valence-corrected chi connectivity index (χ2v) is 6.35. The van der Waals surface area contributed by atoms with Gasteiger partial charge in [0.25, 0.3) is 0 Å². The number of nitrogens with one attached hydrogen (secondary N) is 2. The van der Waals surface area contributed by atoms with Crippen LogP contribution in [-0.2, 0) is 13.0 Å². The van der Waals surface area contributed by atoms with Crippen LogP contribution >= 0.6 is 35.3 Å². The van der Waals surface area contributed by atoms with Gasteiger partial charge in [-0.1, -0.05) is 12.1 Å². The number of benzene rings is 1. The Morgan fingerprint density at radius 1 is 1.28 bits per heavy atom. The Balaban J connectivity index is 0.00000312. The van der Waals surface area contributed by atoms with E-state index in [1.54, 1.807) is 23.5 Å². The molecule has 25 heavy (non-hydrogen) atoms. The summed E-state index contributed by atoms with van der Waals surface area (Å²) in [6.07, 6.45) is 0.863. The van der Waals surface area contributed by atoms with Gasteiger partial charge < -0.3 is 16.4 Å². The monoisotopic (exact) mass is 473 g/mol. The Bertz CT molecular complexity index is 699. The summed E-state index contributed by atoms with van der Waals surface area (Å²) < 4.78 is 0. The standard InChI is InChI=1S/C17H23N5OS.HI/c1-3-19-17(20-9-8-15-11-24-12(2)22-15)21-10-13-4-6-14(7-5-13)16(18)23;/h4-7,11H,3,8-10H2,1-2H3,(H2,18,23)(H2,19,20,21);1H. The molecule has 1 aromatic heterocycles. The van der Waals surface area contributed by atoms with Gasteiger partial charge in [0.15, 0.2) is 5.96 Å². The molecule has 1 amide bonds. The number of thiazole rings is 1. The first-order chi connectivity index (χ1) is 11.6. The summed E-state index contributed by atoms with van der Waals surface area (Å²) in [6, 6.07) is 7.17. The van der Waals surface area contributed by atoms with Crippen molar-refractivity contribution in [3.63, 3.8) is 0 Å². The van der Waals surface area contributed by atoms with Crippen LogP contribution in [0, 0.1) is 6.92 Å². The number of amides is 1. The number of aryl methyl sites for hydroxylation is 1. The molecular formula is C17H24IN5OS. The molecule has 0 aliphatic rings. The lowest BCUT2D eigenvalue weighted by molar-refractivity contribution is 0.100. The molecule has 4 N–H and O–H groups in total. The van der Waals surface area contributed by atoms with Crippen LogP contribution in [0.1, 0.15) is 33.5 Å². The van der Waals surface area contributed by atoms with Crippen LogP contribution in [0.5, 0.6) is 0 Å². The van der Waals surface area contributed by atoms with Crippen molar-refractivity contribution in [2.24, 2.45) is 10.7 Å². The maximum Gasteiger partial charge on any atom is 0.248 e. The summed E-state index contributed by atoms with van der Waals surface area (Å²) in [7, 11) is 0. The summed E-state index contributed by atoms with van der Waals surface area (Å²) in [5, 5.41) is 9.70. The first-order valence-electron chi connectivity index (χ1n) is 7.90. The average Bonchev–Trinajstić information content (AvgIpc) is 2.98. The van der Waals surface area contributed by atoms with Crippen molar-refractivity contribution in [3.05, 3.63) is 51.5 Å². The molecule has 6 nitrogen and oxygen atoms in total. The van der Waals surface area contributed by atoms with Crippen molar-refractivity contribution >= 4 is 47.2 Å². The Kier molecular flexibility index (Phi) is 9.43. The highest BCUT2D eigenvalue weighted by molar-refractivity contribution is 14.0. The molecule has 0 unspecified atom stereocenters. The van der Waals surface area contributed by atoms with Crippen molar-refractivity contribution in [1.29, 1.82) is 0 Å². The predicted octanol–water partition coefficient (Wildman–Crippen LogP) is 2.47. The SMILES string of the molecule is CCNC(=NCc1ccc(C(N)=O)cc1)NCCc1csc(C)n1.I. The van der Waals surface area contributed by atoms with Gasteiger partial charge >= 0.3 is 0 Å². The van der Waals surface area contributed by atoms with Crippen LogP contribution in [0.4, 0.5) is 0 Å². The molecule has 0 saturated heterocycles. The molecule has 0 fully saturated rings. The number of aromatic nitrogens is 1. The van der Waals surface area contributed by atoms with Gasteiger partial charge in [0.2, 0.25) is 5.91 Å². The maximum atomic E-state index is 11.1. The van der Waals surface area contributed by atoms with Crippen molar-refractivity contribution < 1.29 is 4.79 Å². The Morgan fingerprint density at radius 2 is 2.00 bits per heavy atom. The molecule has 0 spiro atoms. The quantitative estimate of drug-likeness (QED) is 0.327. The summed E-state index contributed by atoms with van der Waals surface area (Å²) in [4.78, 5) is 20.1. The molecular weight excluding hydrogens is 449 g/mol. The van der Waals surface area contributed by atoms with Gasteiger partial charge in [0.1, 0.15) is 0 Å². The highest BCUT2D eigenvalue weighted by Crippen LogP contribution is 2.08.